The second-order valence-corrected chi connectivity index (χ2v) is 4.35. The fourth-order valence-corrected chi connectivity index (χ4v) is 1.86. The molecule has 0 N–H and O–H groups in total. The molecule has 5 heteroatoms. The lowest BCUT2D eigenvalue weighted by molar-refractivity contribution is 0.286. The van der Waals surface area contributed by atoms with Gasteiger partial charge in [-0.05, 0) is 35.0 Å². The fourth-order valence-electron chi connectivity index (χ4n) is 1.50. The molecule has 0 aliphatic carbocycles. The van der Waals surface area contributed by atoms with E-state index in [-0.39, 0.29) is 5.82 Å². The van der Waals surface area contributed by atoms with Crippen LogP contribution in [-0.4, -0.2) is 9.55 Å². The topological polar surface area (TPSA) is 27.1 Å². The van der Waals surface area contributed by atoms with Crippen LogP contribution in [0.25, 0.3) is 0 Å². The maximum atomic E-state index is 13.0. The average Bonchev–Trinajstić information content (AvgIpc) is 2.77. The van der Waals surface area contributed by atoms with E-state index < -0.39 is 0 Å². The Morgan fingerprint density at radius 2 is 2.29 bits per heavy atom. The van der Waals surface area contributed by atoms with E-state index in [4.69, 9.17) is 4.74 Å². The van der Waals surface area contributed by atoms with Crippen LogP contribution in [0.1, 0.15) is 12.7 Å². The number of halogens is 2. The van der Waals surface area contributed by atoms with Crippen LogP contribution >= 0.6 is 15.9 Å². The molecule has 0 unspecified atom stereocenters. The molecule has 0 bridgehead atoms. The van der Waals surface area contributed by atoms with Crippen LogP contribution in [0.15, 0.2) is 35.1 Å². The molecule has 0 saturated heterocycles. The highest BCUT2D eigenvalue weighted by atomic mass is 79.9. The van der Waals surface area contributed by atoms with E-state index in [1.807, 2.05) is 17.7 Å². The Bertz CT molecular complexity index is 513. The summed E-state index contributed by atoms with van der Waals surface area (Å²) in [5.74, 6) is 0.987. The minimum atomic E-state index is -0.318. The molecular formula is C12H12BrFN2O. The van der Waals surface area contributed by atoms with Gasteiger partial charge in [-0.15, -0.1) is 0 Å². The number of aryl methyl sites for hydroxylation is 1. The summed E-state index contributed by atoms with van der Waals surface area (Å²) in [6.07, 6.45) is 3.61. The Balaban J connectivity index is 2.09. The first-order valence-corrected chi connectivity index (χ1v) is 6.08. The molecule has 0 atom stereocenters. The Morgan fingerprint density at radius 1 is 1.47 bits per heavy atom. The van der Waals surface area contributed by atoms with E-state index in [1.165, 1.54) is 12.1 Å². The average molecular weight is 299 g/mol. The van der Waals surface area contributed by atoms with Gasteiger partial charge in [0.15, 0.2) is 0 Å². The van der Waals surface area contributed by atoms with Crippen molar-refractivity contribution in [3.05, 3.63) is 46.7 Å². The van der Waals surface area contributed by atoms with E-state index in [0.717, 1.165) is 16.8 Å². The molecule has 0 aliphatic rings. The number of imidazole rings is 1. The van der Waals surface area contributed by atoms with Crippen molar-refractivity contribution in [2.24, 2.45) is 0 Å². The van der Waals surface area contributed by atoms with Crippen molar-refractivity contribution >= 4 is 15.9 Å². The zero-order valence-corrected chi connectivity index (χ0v) is 10.9. The smallest absolute Gasteiger partial charge is 0.146 e. The minimum Gasteiger partial charge on any atom is -0.484 e. The molecule has 0 spiro atoms. The Labute approximate surface area is 107 Å². The third kappa shape index (κ3) is 2.85. The van der Waals surface area contributed by atoms with Crippen LogP contribution in [0.2, 0.25) is 0 Å². The predicted octanol–water partition coefficient (Wildman–Crippen LogP) is 3.38. The summed E-state index contributed by atoms with van der Waals surface area (Å²) in [4.78, 5) is 4.18. The molecule has 3 nitrogen and oxygen atoms in total. The lowest BCUT2D eigenvalue weighted by atomic mass is 10.3. The second-order valence-electron chi connectivity index (χ2n) is 3.49. The van der Waals surface area contributed by atoms with Crippen molar-refractivity contribution in [2.75, 3.05) is 0 Å². The molecule has 1 aromatic heterocycles. The highest BCUT2D eigenvalue weighted by molar-refractivity contribution is 9.10. The van der Waals surface area contributed by atoms with E-state index >= 15 is 0 Å². The van der Waals surface area contributed by atoms with Crippen LogP contribution in [0.3, 0.4) is 0 Å². The van der Waals surface area contributed by atoms with Crippen molar-refractivity contribution in [1.82, 2.24) is 9.55 Å². The summed E-state index contributed by atoms with van der Waals surface area (Å²) in [6, 6.07) is 4.35. The molecule has 2 aromatic rings. The Morgan fingerprint density at radius 3 is 3.06 bits per heavy atom. The number of aromatic nitrogens is 2. The molecule has 1 heterocycles. The van der Waals surface area contributed by atoms with Crippen LogP contribution in [-0.2, 0) is 13.2 Å². The SMILES string of the molecule is CCn1ccnc1COc1cc(F)ccc1Br. The molecule has 0 saturated carbocycles. The van der Waals surface area contributed by atoms with Gasteiger partial charge in [-0.2, -0.15) is 0 Å². The highest BCUT2D eigenvalue weighted by Gasteiger charge is 2.06. The van der Waals surface area contributed by atoms with Gasteiger partial charge in [0, 0.05) is 25.0 Å². The maximum absolute atomic E-state index is 13.0. The molecule has 2 rings (SSSR count). The van der Waals surface area contributed by atoms with Crippen molar-refractivity contribution < 1.29 is 9.13 Å². The van der Waals surface area contributed by atoms with Crippen LogP contribution in [0.5, 0.6) is 5.75 Å². The van der Waals surface area contributed by atoms with Crippen molar-refractivity contribution in [3.8, 4) is 5.75 Å². The summed E-state index contributed by atoms with van der Waals surface area (Å²) in [6.45, 7) is 3.19. The Kier molecular flexibility index (Phi) is 3.78. The van der Waals surface area contributed by atoms with Gasteiger partial charge < -0.3 is 9.30 Å². The van der Waals surface area contributed by atoms with Gasteiger partial charge in [0.2, 0.25) is 0 Å². The van der Waals surface area contributed by atoms with Gasteiger partial charge in [-0.25, -0.2) is 9.37 Å². The van der Waals surface area contributed by atoms with Crippen molar-refractivity contribution in [2.45, 2.75) is 20.1 Å². The summed E-state index contributed by atoms with van der Waals surface area (Å²) >= 11 is 3.31. The monoisotopic (exact) mass is 298 g/mol. The molecule has 0 radical (unpaired) electrons. The van der Waals surface area contributed by atoms with Gasteiger partial charge in [0.1, 0.15) is 24.0 Å². The second kappa shape index (κ2) is 5.31. The predicted molar refractivity (Wildman–Crippen MR) is 66.3 cm³/mol. The molecule has 0 fully saturated rings. The largest absolute Gasteiger partial charge is 0.484 e. The van der Waals surface area contributed by atoms with Gasteiger partial charge in [-0.3, -0.25) is 0 Å². The number of nitrogens with zero attached hydrogens (tertiary/aromatic N) is 2. The fraction of sp³-hybridized carbons (Fsp3) is 0.250. The maximum Gasteiger partial charge on any atom is 0.146 e. The van der Waals surface area contributed by atoms with Crippen LogP contribution in [0.4, 0.5) is 4.39 Å². The van der Waals surface area contributed by atoms with E-state index in [9.17, 15) is 4.39 Å². The number of hydrogen-bond acceptors (Lipinski definition) is 2. The number of rotatable bonds is 4. The van der Waals surface area contributed by atoms with Gasteiger partial charge >= 0.3 is 0 Å². The molecule has 17 heavy (non-hydrogen) atoms. The van der Waals surface area contributed by atoms with Crippen molar-refractivity contribution in [1.29, 1.82) is 0 Å². The number of ether oxygens (including phenoxy) is 1. The van der Waals surface area contributed by atoms with E-state index in [2.05, 4.69) is 20.9 Å². The summed E-state index contributed by atoms with van der Waals surface area (Å²) < 4.78 is 21.3. The third-order valence-electron chi connectivity index (χ3n) is 2.39. The Hall–Kier alpha value is -1.36. The van der Waals surface area contributed by atoms with E-state index in [1.54, 1.807) is 12.3 Å². The molecule has 0 amide bonds. The molecule has 1 aromatic carbocycles. The number of hydrogen-bond donors (Lipinski definition) is 0. The summed E-state index contributed by atoms with van der Waals surface area (Å²) in [5, 5.41) is 0. The van der Waals surface area contributed by atoms with Gasteiger partial charge in [-0.1, -0.05) is 0 Å². The van der Waals surface area contributed by atoms with Gasteiger partial charge in [0.25, 0.3) is 0 Å². The molecule has 0 aliphatic heterocycles. The highest BCUT2D eigenvalue weighted by Crippen LogP contribution is 2.26. The van der Waals surface area contributed by atoms with Crippen molar-refractivity contribution in [3.63, 3.8) is 0 Å². The third-order valence-corrected chi connectivity index (χ3v) is 3.05. The zero-order valence-electron chi connectivity index (χ0n) is 9.36. The van der Waals surface area contributed by atoms with Crippen LogP contribution < -0.4 is 4.74 Å². The molecule has 90 valence electrons. The first-order valence-electron chi connectivity index (χ1n) is 5.28. The zero-order chi connectivity index (χ0) is 12.3. The standard InChI is InChI=1S/C12H12BrFN2O/c1-2-16-6-5-15-12(16)8-17-11-7-9(14)3-4-10(11)13/h3-7H,2,8H2,1H3. The molecular weight excluding hydrogens is 287 g/mol. The minimum absolute atomic E-state index is 0.318. The number of benzene rings is 1. The summed E-state index contributed by atoms with van der Waals surface area (Å²) in [7, 11) is 0. The first kappa shape index (κ1) is 12.1. The summed E-state index contributed by atoms with van der Waals surface area (Å²) in [5.41, 5.74) is 0. The van der Waals surface area contributed by atoms with Crippen LogP contribution in [0, 0.1) is 5.82 Å². The quantitative estimate of drug-likeness (QED) is 0.865. The first-order chi connectivity index (χ1) is 8.20. The normalized spacial score (nSPS) is 10.5. The lowest BCUT2D eigenvalue weighted by Gasteiger charge is -2.09. The van der Waals surface area contributed by atoms with Gasteiger partial charge in [0.05, 0.1) is 4.47 Å². The lowest BCUT2D eigenvalue weighted by Crippen LogP contribution is -2.05. The van der Waals surface area contributed by atoms with E-state index in [0.29, 0.717) is 12.4 Å².